The molecule has 3 aliphatic heterocycles. The number of nitrogens with zero attached hydrogens (tertiary/aromatic N) is 1. The molecule has 1 amide bonds. The van der Waals surface area contributed by atoms with Crippen LogP contribution in [-0.4, -0.2) is 156 Å². The number of rotatable bonds is 12. The largest absolute Gasteiger partial charge is 0.463 e. The molecule has 0 unspecified atom stereocenters. The van der Waals surface area contributed by atoms with Crippen molar-refractivity contribution in [3.05, 3.63) is 47.6 Å². The van der Waals surface area contributed by atoms with E-state index in [2.05, 4.69) is 0 Å². The number of piperidine rings is 1. The van der Waals surface area contributed by atoms with Crippen LogP contribution in [0, 0.1) is 40.9 Å². The van der Waals surface area contributed by atoms with Gasteiger partial charge in [0.15, 0.2) is 5.78 Å². The van der Waals surface area contributed by atoms with E-state index in [0.29, 0.717) is 63.4 Å². The Labute approximate surface area is 439 Å². The van der Waals surface area contributed by atoms with Crippen molar-refractivity contribution in [1.82, 2.24) is 4.90 Å². The van der Waals surface area contributed by atoms with E-state index in [4.69, 9.17) is 28.4 Å². The van der Waals surface area contributed by atoms with Gasteiger partial charge in [-0.3, -0.25) is 24.0 Å². The van der Waals surface area contributed by atoms with Gasteiger partial charge in [0, 0.05) is 51.4 Å². The van der Waals surface area contributed by atoms with Crippen LogP contribution >= 0.6 is 0 Å². The second kappa shape index (κ2) is 29.5. The molecule has 1 saturated carbocycles. The fourth-order valence-corrected chi connectivity index (χ4v) is 10.7. The number of esters is 2. The van der Waals surface area contributed by atoms with Crippen molar-refractivity contribution in [2.24, 2.45) is 40.9 Å². The third kappa shape index (κ3) is 17.0. The van der Waals surface area contributed by atoms with Crippen LogP contribution in [0.5, 0.6) is 0 Å². The molecule has 2 saturated heterocycles. The lowest BCUT2D eigenvalue weighted by molar-refractivity contribution is -0.265. The monoisotopic (exact) mass is 1040 g/mol. The molecule has 418 valence electrons. The molecule has 17 heteroatoms. The Hall–Kier alpha value is -3.94. The standard InChI is InChI=1S/C57H89NO16/c1-35-16-12-11-13-17-36(2)47(69-9)31-44-22-19-41(7)57(68,74-44)52(64)53(65)58-25-15-14-18-45(58)54(66)73-48(32-46(61)37(3)29-40(6)50(63)51(70-10)49(62)39(5)28-35)38(4)30-42-20-23-43(24-21-42)71-26-27-72-55(67)56(8,33-59)34-60/h11-13,16-17,29,35,37-39,41-45,47-48,50-51,59-60,63,68H,14-15,18-28,30-34H2,1-10H3/b13-11+,16-12+,36-17+,40-29+/t35-,37-,38-,39-,41-,42?,43?,44+,45+,47+,48+,50-,51+,57-/m1/s1. The lowest BCUT2D eigenvalue weighted by atomic mass is 9.79. The summed E-state index contributed by atoms with van der Waals surface area (Å²) >= 11 is 0. The summed E-state index contributed by atoms with van der Waals surface area (Å²) in [7, 11) is 2.94. The predicted octanol–water partition coefficient (Wildman–Crippen LogP) is 6.11. The number of ketones is 3. The Balaban J connectivity index is 1.61. The number of methoxy groups -OCH3 is 2. The number of Topliss-reactive ketones (excluding diaryl/α,β-unsaturated/α-hetero) is 3. The zero-order chi connectivity index (χ0) is 54.9. The molecular formula is C57H89NO16. The lowest BCUT2D eigenvalue weighted by Crippen LogP contribution is -2.61. The van der Waals surface area contributed by atoms with Gasteiger partial charge in [-0.25, -0.2) is 4.79 Å². The lowest BCUT2D eigenvalue weighted by Gasteiger charge is -2.42. The van der Waals surface area contributed by atoms with E-state index < -0.39 is 102 Å². The molecule has 3 fully saturated rings. The molecule has 74 heavy (non-hydrogen) atoms. The van der Waals surface area contributed by atoms with E-state index in [9.17, 15) is 49.2 Å². The van der Waals surface area contributed by atoms with Gasteiger partial charge in [-0.2, -0.15) is 0 Å². The van der Waals surface area contributed by atoms with Crippen LogP contribution in [0.3, 0.4) is 0 Å². The number of ether oxygens (including phenoxy) is 6. The van der Waals surface area contributed by atoms with E-state index in [-0.39, 0.29) is 68.0 Å². The SMILES string of the molecule is CO[C@H]1C[C@@H]2CC[C@@H](C)[C@@](O)(O2)C(=O)C(=O)N2CCCC[C@H]2C(=O)O[C@H]([C@H](C)CC2CCC(OCCOC(=O)C(C)(CO)CO)CC2)CC(=O)[C@H](C)/C=C(\C)[C@@H](O)[C@@H](OC)C(=O)[C@H](C)C[C@H](C)/C=C/C=C/C=C/1C. The maximum Gasteiger partial charge on any atom is 0.329 e. The first-order chi connectivity index (χ1) is 35.0. The number of carbonyl (C=O) groups is 6. The Kier molecular flexibility index (Phi) is 25.0. The Morgan fingerprint density at radius 3 is 2.22 bits per heavy atom. The van der Waals surface area contributed by atoms with E-state index in [1.54, 1.807) is 40.9 Å². The number of fused-ring (bicyclic) bond motifs is 3. The minimum Gasteiger partial charge on any atom is -0.463 e. The van der Waals surface area contributed by atoms with Gasteiger partial charge >= 0.3 is 11.9 Å². The van der Waals surface area contributed by atoms with E-state index in [1.807, 2.05) is 51.2 Å². The zero-order valence-corrected chi connectivity index (χ0v) is 45.8. The molecule has 0 radical (unpaired) electrons. The molecular weight excluding hydrogens is 955 g/mol. The van der Waals surface area contributed by atoms with Crippen LogP contribution in [0.1, 0.15) is 139 Å². The van der Waals surface area contributed by atoms with Gasteiger partial charge in [0.25, 0.3) is 11.7 Å². The van der Waals surface area contributed by atoms with Gasteiger partial charge < -0.3 is 53.7 Å². The van der Waals surface area contributed by atoms with Crippen molar-refractivity contribution < 1.29 is 77.6 Å². The third-order valence-electron chi connectivity index (χ3n) is 16.0. The van der Waals surface area contributed by atoms with Gasteiger partial charge in [-0.15, -0.1) is 0 Å². The fraction of sp³-hybridized carbons (Fsp3) is 0.754. The maximum absolute atomic E-state index is 14.5. The van der Waals surface area contributed by atoms with Crippen molar-refractivity contribution in [2.45, 2.75) is 187 Å². The molecule has 4 rings (SSSR count). The molecule has 0 aromatic carbocycles. The number of carbonyl (C=O) groups excluding carboxylic acids is 6. The average Bonchev–Trinajstić information content (AvgIpc) is 3.38. The topological polar surface area (TPSA) is 242 Å². The number of allylic oxidation sites excluding steroid dienone is 6. The Bertz CT molecular complexity index is 2000. The molecule has 12 atom stereocenters. The van der Waals surface area contributed by atoms with Crippen molar-refractivity contribution in [2.75, 3.05) is 47.2 Å². The predicted molar refractivity (Wildman–Crippen MR) is 276 cm³/mol. The quantitative estimate of drug-likeness (QED) is 0.0746. The molecule has 3 heterocycles. The summed E-state index contributed by atoms with van der Waals surface area (Å²) in [6.45, 7) is 13.1. The second-order valence-corrected chi connectivity index (χ2v) is 22.1. The number of aliphatic hydroxyl groups is 4. The normalized spacial score (nSPS) is 36.1. The van der Waals surface area contributed by atoms with Crippen LogP contribution in [0.4, 0.5) is 0 Å². The highest BCUT2D eigenvalue weighted by Crippen LogP contribution is 2.38. The van der Waals surface area contributed by atoms with Crippen molar-refractivity contribution in [3.63, 3.8) is 0 Å². The van der Waals surface area contributed by atoms with Crippen LogP contribution in [0.25, 0.3) is 0 Å². The first-order valence-corrected chi connectivity index (χ1v) is 27.0. The summed E-state index contributed by atoms with van der Waals surface area (Å²) in [5.41, 5.74) is -0.158. The van der Waals surface area contributed by atoms with Crippen LogP contribution in [-0.2, 0) is 57.2 Å². The Morgan fingerprint density at radius 1 is 0.878 bits per heavy atom. The summed E-state index contributed by atoms with van der Waals surface area (Å²) in [6.07, 6.45) is 12.9. The first-order valence-electron chi connectivity index (χ1n) is 27.0. The average molecular weight is 1040 g/mol. The maximum atomic E-state index is 14.5. The molecule has 0 aromatic rings. The van der Waals surface area contributed by atoms with Crippen molar-refractivity contribution in [3.8, 4) is 0 Å². The number of hydrogen-bond donors (Lipinski definition) is 4. The highest BCUT2D eigenvalue weighted by atomic mass is 16.6. The number of cyclic esters (lactones) is 1. The highest BCUT2D eigenvalue weighted by Gasteiger charge is 2.53. The van der Waals surface area contributed by atoms with Gasteiger partial charge in [0.2, 0.25) is 5.79 Å². The smallest absolute Gasteiger partial charge is 0.329 e. The molecule has 0 aromatic heterocycles. The van der Waals surface area contributed by atoms with Gasteiger partial charge in [-0.1, -0.05) is 71.1 Å². The molecule has 0 spiro atoms. The zero-order valence-electron chi connectivity index (χ0n) is 45.8. The van der Waals surface area contributed by atoms with Gasteiger partial charge in [0.1, 0.15) is 42.2 Å². The third-order valence-corrected chi connectivity index (χ3v) is 16.0. The highest BCUT2D eigenvalue weighted by molar-refractivity contribution is 6.39. The molecule has 2 bridgehead atoms. The van der Waals surface area contributed by atoms with Crippen LogP contribution in [0.15, 0.2) is 47.6 Å². The summed E-state index contributed by atoms with van der Waals surface area (Å²) in [5.74, 6) is -8.77. The summed E-state index contributed by atoms with van der Waals surface area (Å²) < 4.78 is 35.2. The van der Waals surface area contributed by atoms with Crippen molar-refractivity contribution in [1.29, 1.82) is 0 Å². The van der Waals surface area contributed by atoms with E-state index in [0.717, 1.165) is 18.4 Å². The molecule has 17 nitrogen and oxygen atoms in total. The number of hydrogen-bond acceptors (Lipinski definition) is 16. The Morgan fingerprint density at radius 2 is 1.57 bits per heavy atom. The minimum atomic E-state index is -2.45. The minimum absolute atomic E-state index is 0.00319. The molecule has 4 aliphatic rings. The fourth-order valence-electron chi connectivity index (χ4n) is 10.7. The number of amides is 1. The number of aliphatic hydroxyl groups excluding tert-OH is 3. The van der Waals surface area contributed by atoms with Crippen LogP contribution < -0.4 is 0 Å². The van der Waals surface area contributed by atoms with E-state index in [1.165, 1.54) is 18.9 Å². The van der Waals surface area contributed by atoms with Gasteiger partial charge in [-0.05, 0) is 120 Å². The second-order valence-electron chi connectivity index (χ2n) is 22.1. The molecule has 4 N–H and O–H groups in total. The first kappa shape index (κ1) is 62.6. The summed E-state index contributed by atoms with van der Waals surface area (Å²) in [5, 5.41) is 42.5. The summed E-state index contributed by atoms with van der Waals surface area (Å²) in [4.78, 5) is 84.6. The molecule has 1 aliphatic carbocycles. The summed E-state index contributed by atoms with van der Waals surface area (Å²) in [6, 6.07) is -1.16. The van der Waals surface area contributed by atoms with Gasteiger partial charge in [0.05, 0.1) is 38.1 Å². The van der Waals surface area contributed by atoms with E-state index >= 15 is 0 Å². The van der Waals surface area contributed by atoms with Crippen molar-refractivity contribution >= 4 is 35.2 Å². The van der Waals surface area contributed by atoms with Crippen LogP contribution in [0.2, 0.25) is 0 Å².